The summed E-state index contributed by atoms with van der Waals surface area (Å²) in [5, 5.41) is 9.42. The van der Waals surface area contributed by atoms with Gasteiger partial charge in [-0.15, -0.1) is 22.7 Å². The molecule has 0 saturated carbocycles. The number of thiophene rings is 1. The molecule has 0 bridgehead atoms. The fraction of sp³-hybridized carbons (Fsp3) is 0.167. The van der Waals surface area contributed by atoms with Crippen LogP contribution in [0.4, 0.5) is 9.52 Å². The Kier molecular flexibility index (Phi) is 6.50. The number of benzene rings is 1. The van der Waals surface area contributed by atoms with E-state index in [2.05, 4.69) is 15.6 Å². The van der Waals surface area contributed by atoms with Gasteiger partial charge in [0.25, 0.3) is 5.91 Å². The Morgan fingerprint density at radius 2 is 2.07 bits per heavy atom. The highest BCUT2D eigenvalue weighted by Crippen LogP contribution is 2.18. The van der Waals surface area contributed by atoms with Gasteiger partial charge in [0.1, 0.15) is 18.2 Å². The van der Waals surface area contributed by atoms with Crippen LogP contribution in [-0.4, -0.2) is 29.9 Å². The Morgan fingerprint density at radius 3 is 2.85 bits per heavy atom. The minimum atomic E-state index is -0.373. The molecule has 140 valence electrons. The number of nitrogens with one attached hydrogen (secondary N) is 2. The molecule has 0 aliphatic rings. The third kappa shape index (κ3) is 5.87. The Hall–Kier alpha value is -2.78. The van der Waals surface area contributed by atoms with Gasteiger partial charge in [-0.1, -0.05) is 12.1 Å². The van der Waals surface area contributed by atoms with Crippen LogP contribution in [0.3, 0.4) is 0 Å². The molecule has 0 spiro atoms. The SMILES string of the molecule is O=C(Cc1csc(NC(=O)c2cccs2)n1)NCCOc1cccc(F)c1. The van der Waals surface area contributed by atoms with E-state index in [1.807, 2.05) is 5.38 Å². The molecule has 9 heteroatoms. The van der Waals surface area contributed by atoms with Gasteiger partial charge in [-0.3, -0.25) is 14.9 Å². The van der Waals surface area contributed by atoms with E-state index < -0.39 is 0 Å². The topological polar surface area (TPSA) is 80.3 Å². The summed E-state index contributed by atoms with van der Waals surface area (Å²) in [7, 11) is 0. The van der Waals surface area contributed by atoms with E-state index in [1.165, 1.54) is 34.8 Å². The number of aromatic nitrogens is 1. The van der Waals surface area contributed by atoms with Crippen LogP contribution in [0.5, 0.6) is 5.75 Å². The minimum absolute atomic E-state index is 0.103. The average molecular weight is 405 g/mol. The third-order valence-corrected chi connectivity index (χ3v) is 5.02. The zero-order chi connectivity index (χ0) is 19.1. The van der Waals surface area contributed by atoms with Crippen molar-refractivity contribution in [1.29, 1.82) is 0 Å². The average Bonchev–Trinajstić information content (AvgIpc) is 3.31. The van der Waals surface area contributed by atoms with Crippen molar-refractivity contribution in [2.75, 3.05) is 18.5 Å². The second-order valence-electron chi connectivity index (χ2n) is 5.41. The molecule has 0 atom stereocenters. The first-order chi connectivity index (χ1) is 13.1. The highest BCUT2D eigenvalue weighted by Gasteiger charge is 2.11. The summed E-state index contributed by atoms with van der Waals surface area (Å²) in [5.74, 6) is -0.388. The molecule has 3 rings (SSSR count). The summed E-state index contributed by atoms with van der Waals surface area (Å²) < 4.78 is 18.4. The van der Waals surface area contributed by atoms with Gasteiger partial charge in [-0.05, 0) is 23.6 Å². The lowest BCUT2D eigenvalue weighted by Gasteiger charge is -2.07. The summed E-state index contributed by atoms with van der Waals surface area (Å²) in [6.45, 7) is 0.524. The van der Waals surface area contributed by atoms with Gasteiger partial charge in [0, 0.05) is 11.4 Å². The molecule has 0 unspecified atom stereocenters. The van der Waals surface area contributed by atoms with Crippen molar-refractivity contribution in [3.8, 4) is 5.75 Å². The molecular weight excluding hydrogens is 389 g/mol. The number of hydrogen-bond acceptors (Lipinski definition) is 6. The maximum absolute atomic E-state index is 13.0. The molecule has 2 N–H and O–H groups in total. The molecule has 2 amide bonds. The number of rotatable bonds is 8. The number of halogens is 1. The number of ether oxygens (including phenoxy) is 1. The summed E-state index contributed by atoms with van der Waals surface area (Å²) >= 11 is 2.61. The second kappa shape index (κ2) is 9.24. The number of thiazole rings is 1. The number of carbonyl (C=O) groups excluding carboxylic acids is 2. The van der Waals surface area contributed by atoms with Crippen molar-refractivity contribution in [1.82, 2.24) is 10.3 Å². The zero-order valence-electron chi connectivity index (χ0n) is 14.1. The van der Waals surface area contributed by atoms with Crippen LogP contribution in [0.1, 0.15) is 15.4 Å². The normalized spacial score (nSPS) is 10.4. The van der Waals surface area contributed by atoms with Gasteiger partial charge in [0.05, 0.1) is 23.5 Å². The minimum Gasteiger partial charge on any atom is -0.492 e. The Morgan fingerprint density at radius 1 is 1.19 bits per heavy atom. The monoisotopic (exact) mass is 405 g/mol. The van der Waals surface area contributed by atoms with Crippen LogP contribution in [0.25, 0.3) is 0 Å². The van der Waals surface area contributed by atoms with Gasteiger partial charge in [-0.2, -0.15) is 0 Å². The van der Waals surface area contributed by atoms with Crippen molar-refractivity contribution in [3.05, 3.63) is 63.5 Å². The van der Waals surface area contributed by atoms with Crippen molar-refractivity contribution >= 4 is 39.6 Å². The highest BCUT2D eigenvalue weighted by molar-refractivity contribution is 7.14. The molecule has 0 aliphatic heterocycles. The maximum atomic E-state index is 13.0. The van der Waals surface area contributed by atoms with Gasteiger partial charge >= 0.3 is 0 Å². The first-order valence-corrected chi connectivity index (χ1v) is 9.80. The van der Waals surface area contributed by atoms with Crippen molar-refractivity contribution in [2.45, 2.75) is 6.42 Å². The molecule has 0 aliphatic carbocycles. The van der Waals surface area contributed by atoms with E-state index in [1.54, 1.807) is 29.6 Å². The van der Waals surface area contributed by atoms with E-state index >= 15 is 0 Å². The van der Waals surface area contributed by atoms with Crippen molar-refractivity contribution < 1.29 is 18.7 Å². The summed E-state index contributed by atoms with van der Waals surface area (Å²) in [6, 6.07) is 9.35. The summed E-state index contributed by atoms with van der Waals surface area (Å²) in [4.78, 5) is 28.8. The number of amides is 2. The highest BCUT2D eigenvalue weighted by atomic mass is 32.1. The maximum Gasteiger partial charge on any atom is 0.267 e. The molecule has 0 fully saturated rings. The van der Waals surface area contributed by atoms with Crippen LogP contribution < -0.4 is 15.4 Å². The van der Waals surface area contributed by atoms with Gasteiger partial charge in [-0.25, -0.2) is 9.37 Å². The molecule has 6 nitrogen and oxygen atoms in total. The molecular formula is C18H16FN3O3S2. The van der Waals surface area contributed by atoms with E-state index in [4.69, 9.17) is 4.74 Å². The smallest absolute Gasteiger partial charge is 0.267 e. The van der Waals surface area contributed by atoms with E-state index in [0.29, 0.717) is 28.0 Å². The first kappa shape index (κ1) is 19.0. The second-order valence-corrected chi connectivity index (χ2v) is 7.21. The van der Waals surface area contributed by atoms with Crippen molar-refractivity contribution in [3.63, 3.8) is 0 Å². The quantitative estimate of drug-likeness (QED) is 0.564. The fourth-order valence-corrected chi connectivity index (χ4v) is 3.48. The Bertz CT molecular complexity index is 912. The van der Waals surface area contributed by atoms with Gasteiger partial charge in [0.15, 0.2) is 5.13 Å². The van der Waals surface area contributed by atoms with E-state index in [0.717, 1.165) is 0 Å². The predicted octanol–water partition coefficient (Wildman–Crippen LogP) is 3.33. The van der Waals surface area contributed by atoms with Crippen LogP contribution in [-0.2, 0) is 11.2 Å². The van der Waals surface area contributed by atoms with Gasteiger partial charge in [0.2, 0.25) is 5.91 Å². The number of anilines is 1. The largest absolute Gasteiger partial charge is 0.492 e. The van der Waals surface area contributed by atoms with Crippen molar-refractivity contribution in [2.24, 2.45) is 0 Å². The molecule has 2 aromatic heterocycles. The first-order valence-electron chi connectivity index (χ1n) is 8.04. The fourth-order valence-electron chi connectivity index (χ4n) is 2.16. The summed E-state index contributed by atoms with van der Waals surface area (Å²) in [6.07, 6.45) is 0.103. The predicted molar refractivity (Wildman–Crippen MR) is 103 cm³/mol. The lowest BCUT2D eigenvalue weighted by Crippen LogP contribution is -2.29. The molecule has 2 heterocycles. The Labute approximate surface area is 163 Å². The number of carbonyl (C=O) groups is 2. The Balaban J connectivity index is 1.39. The third-order valence-electron chi connectivity index (χ3n) is 3.35. The molecule has 1 aromatic carbocycles. The summed E-state index contributed by atoms with van der Waals surface area (Å²) in [5.41, 5.74) is 0.574. The molecule has 3 aromatic rings. The van der Waals surface area contributed by atoms with Crippen LogP contribution in [0.2, 0.25) is 0 Å². The lowest BCUT2D eigenvalue weighted by molar-refractivity contribution is -0.120. The van der Waals surface area contributed by atoms with Gasteiger partial charge < -0.3 is 10.1 Å². The van der Waals surface area contributed by atoms with Crippen LogP contribution in [0.15, 0.2) is 47.2 Å². The molecule has 27 heavy (non-hydrogen) atoms. The molecule has 0 saturated heterocycles. The van der Waals surface area contributed by atoms with Crippen LogP contribution >= 0.6 is 22.7 Å². The van der Waals surface area contributed by atoms with Crippen LogP contribution in [0, 0.1) is 5.82 Å². The van der Waals surface area contributed by atoms with E-state index in [9.17, 15) is 14.0 Å². The number of nitrogens with zero attached hydrogens (tertiary/aromatic N) is 1. The van der Waals surface area contributed by atoms with E-state index in [-0.39, 0.29) is 30.7 Å². The lowest BCUT2D eigenvalue weighted by atomic mass is 10.3. The zero-order valence-corrected chi connectivity index (χ0v) is 15.7. The molecule has 0 radical (unpaired) electrons. The standard InChI is InChI=1S/C18H16FN3O3S2/c19-12-3-1-4-14(9-12)25-7-6-20-16(23)10-13-11-27-18(21-13)22-17(24)15-5-2-8-26-15/h1-5,8-9,11H,6-7,10H2,(H,20,23)(H,21,22,24). The number of hydrogen-bond donors (Lipinski definition) is 2.